The normalized spacial score (nSPS) is 15.1. The second kappa shape index (κ2) is 6.44. The standard InChI is InChI=1S/C14H20N2/c1-2-5-13(4-1)7-10-15-11-8-14-6-3-9-16-12-14/h3-4,6,9,12,15H,1-2,5,7-8,10-11H2. The van der Waals surface area contributed by atoms with Crippen LogP contribution >= 0.6 is 0 Å². The van der Waals surface area contributed by atoms with E-state index in [9.17, 15) is 0 Å². The van der Waals surface area contributed by atoms with Crippen molar-refractivity contribution in [1.29, 1.82) is 0 Å². The summed E-state index contributed by atoms with van der Waals surface area (Å²) in [5, 5.41) is 3.49. The SMILES string of the molecule is C1=C(CCNCCc2cccnc2)CCC1. The molecule has 1 aliphatic rings. The Kier molecular flexibility index (Phi) is 4.56. The molecular weight excluding hydrogens is 196 g/mol. The van der Waals surface area contributed by atoms with E-state index in [0.29, 0.717) is 0 Å². The van der Waals surface area contributed by atoms with Crippen LogP contribution in [0.25, 0.3) is 0 Å². The second-order valence-electron chi connectivity index (χ2n) is 4.37. The molecule has 1 aliphatic carbocycles. The zero-order chi connectivity index (χ0) is 11.1. The van der Waals surface area contributed by atoms with Crippen LogP contribution in [0.5, 0.6) is 0 Å². The number of rotatable bonds is 6. The minimum absolute atomic E-state index is 1.05. The van der Waals surface area contributed by atoms with Gasteiger partial charge in [-0.05, 0) is 56.8 Å². The molecule has 16 heavy (non-hydrogen) atoms. The van der Waals surface area contributed by atoms with Crippen molar-refractivity contribution in [3.63, 3.8) is 0 Å². The Bertz CT molecular complexity index is 330. The van der Waals surface area contributed by atoms with Crippen molar-refractivity contribution >= 4 is 0 Å². The van der Waals surface area contributed by atoms with Crippen LogP contribution < -0.4 is 5.32 Å². The molecule has 1 N–H and O–H groups in total. The highest BCUT2D eigenvalue weighted by molar-refractivity contribution is 5.09. The highest BCUT2D eigenvalue weighted by Gasteiger charge is 2.03. The van der Waals surface area contributed by atoms with E-state index in [1.807, 2.05) is 18.5 Å². The first kappa shape index (κ1) is 11.3. The molecule has 0 spiro atoms. The number of hydrogen-bond donors (Lipinski definition) is 1. The van der Waals surface area contributed by atoms with Gasteiger partial charge in [-0.1, -0.05) is 17.7 Å². The fraction of sp³-hybridized carbons (Fsp3) is 0.500. The summed E-state index contributed by atoms with van der Waals surface area (Å²) in [4.78, 5) is 4.11. The Labute approximate surface area is 97.8 Å². The van der Waals surface area contributed by atoms with Gasteiger partial charge < -0.3 is 5.32 Å². The molecule has 1 heterocycles. The van der Waals surface area contributed by atoms with Crippen LogP contribution in [-0.4, -0.2) is 18.1 Å². The van der Waals surface area contributed by atoms with Crippen molar-refractivity contribution in [3.05, 3.63) is 41.7 Å². The molecule has 0 unspecified atom stereocenters. The number of allylic oxidation sites excluding steroid dienone is 1. The molecule has 0 fully saturated rings. The zero-order valence-electron chi connectivity index (χ0n) is 9.78. The molecule has 0 radical (unpaired) electrons. The summed E-state index contributed by atoms with van der Waals surface area (Å²) in [6.07, 6.45) is 12.5. The predicted octanol–water partition coefficient (Wildman–Crippen LogP) is 2.71. The first-order chi connectivity index (χ1) is 7.95. The van der Waals surface area contributed by atoms with E-state index in [2.05, 4.69) is 22.4 Å². The van der Waals surface area contributed by atoms with Crippen molar-refractivity contribution in [2.24, 2.45) is 0 Å². The third-order valence-electron chi connectivity index (χ3n) is 3.07. The number of nitrogens with zero attached hydrogens (tertiary/aromatic N) is 1. The van der Waals surface area contributed by atoms with Gasteiger partial charge in [-0.3, -0.25) is 4.98 Å². The number of aromatic nitrogens is 1. The molecule has 0 aromatic carbocycles. The van der Waals surface area contributed by atoms with E-state index in [1.165, 1.54) is 31.2 Å². The van der Waals surface area contributed by atoms with E-state index < -0.39 is 0 Å². The van der Waals surface area contributed by atoms with E-state index in [-0.39, 0.29) is 0 Å². The van der Waals surface area contributed by atoms with E-state index >= 15 is 0 Å². The van der Waals surface area contributed by atoms with Crippen molar-refractivity contribution < 1.29 is 0 Å². The van der Waals surface area contributed by atoms with E-state index in [0.717, 1.165) is 19.5 Å². The molecule has 0 aliphatic heterocycles. The molecule has 86 valence electrons. The maximum Gasteiger partial charge on any atom is 0.0300 e. The average Bonchev–Trinajstić information content (AvgIpc) is 2.83. The lowest BCUT2D eigenvalue weighted by molar-refractivity contribution is 0.671. The molecule has 1 aromatic rings. The molecule has 2 heteroatoms. The van der Waals surface area contributed by atoms with Gasteiger partial charge in [0, 0.05) is 12.4 Å². The topological polar surface area (TPSA) is 24.9 Å². The summed E-state index contributed by atoms with van der Waals surface area (Å²) in [6.45, 7) is 2.17. The lowest BCUT2D eigenvalue weighted by Crippen LogP contribution is -2.18. The van der Waals surface area contributed by atoms with Crippen LogP contribution in [-0.2, 0) is 6.42 Å². The monoisotopic (exact) mass is 216 g/mol. The molecule has 2 rings (SSSR count). The summed E-state index contributed by atoms with van der Waals surface area (Å²) in [6, 6.07) is 4.13. The second-order valence-corrected chi connectivity index (χ2v) is 4.37. The summed E-state index contributed by atoms with van der Waals surface area (Å²) in [5.41, 5.74) is 2.96. The smallest absolute Gasteiger partial charge is 0.0300 e. The van der Waals surface area contributed by atoms with Crippen LogP contribution in [0.4, 0.5) is 0 Å². The molecule has 0 saturated heterocycles. The van der Waals surface area contributed by atoms with E-state index in [1.54, 1.807) is 5.57 Å². The van der Waals surface area contributed by atoms with Crippen LogP contribution in [0.3, 0.4) is 0 Å². The van der Waals surface area contributed by atoms with Gasteiger partial charge >= 0.3 is 0 Å². The number of pyridine rings is 1. The predicted molar refractivity (Wildman–Crippen MR) is 67.4 cm³/mol. The van der Waals surface area contributed by atoms with Gasteiger partial charge in [0.15, 0.2) is 0 Å². The molecule has 0 saturated carbocycles. The molecule has 0 atom stereocenters. The number of hydrogen-bond acceptors (Lipinski definition) is 2. The van der Waals surface area contributed by atoms with Crippen molar-refractivity contribution in [1.82, 2.24) is 10.3 Å². The van der Waals surface area contributed by atoms with Gasteiger partial charge in [0.05, 0.1) is 0 Å². The summed E-state index contributed by atoms with van der Waals surface area (Å²) in [5.74, 6) is 0. The van der Waals surface area contributed by atoms with Crippen LogP contribution in [0, 0.1) is 0 Å². The minimum atomic E-state index is 1.05. The van der Waals surface area contributed by atoms with E-state index in [4.69, 9.17) is 0 Å². The first-order valence-corrected chi connectivity index (χ1v) is 6.23. The number of nitrogens with one attached hydrogen (secondary N) is 1. The molecule has 2 nitrogen and oxygen atoms in total. The van der Waals surface area contributed by atoms with Gasteiger partial charge in [0.25, 0.3) is 0 Å². The summed E-state index contributed by atoms with van der Waals surface area (Å²) < 4.78 is 0. The summed E-state index contributed by atoms with van der Waals surface area (Å²) >= 11 is 0. The maximum atomic E-state index is 4.11. The fourth-order valence-corrected chi connectivity index (χ4v) is 2.12. The quantitative estimate of drug-likeness (QED) is 0.584. The fourth-order valence-electron chi connectivity index (χ4n) is 2.12. The third kappa shape index (κ3) is 3.78. The average molecular weight is 216 g/mol. The van der Waals surface area contributed by atoms with Crippen LogP contribution in [0.15, 0.2) is 36.2 Å². The van der Waals surface area contributed by atoms with Gasteiger partial charge in [-0.15, -0.1) is 0 Å². The Morgan fingerprint density at radius 1 is 1.25 bits per heavy atom. The Balaban J connectivity index is 1.55. The lowest BCUT2D eigenvalue weighted by Gasteiger charge is -2.05. The third-order valence-corrected chi connectivity index (χ3v) is 3.07. The summed E-state index contributed by atoms with van der Waals surface area (Å²) in [7, 11) is 0. The van der Waals surface area contributed by atoms with Crippen LogP contribution in [0.2, 0.25) is 0 Å². The Morgan fingerprint density at radius 3 is 2.94 bits per heavy atom. The highest BCUT2D eigenvalue weighted by Crippen LogP contribution is 2.19. The molecule has 0 bridgehead atoms. The highest BCUT2D eigenvalue weighted by atomic mass is 14.8. The minimum Gasteiger partial charge on any atom is -0.316 e. The maximum absolute atomic E-state index is 4.11. The molecule has 0 amide bonds. The molecule has 1 aromatic heterocycles. The van der Waals surface area contributed by atoms with Gasteiger partial charge in [0.1, 0.15) is 0 Å². The first-order valence-electron chi connectivity index (χ1n) is 6.23. The van der Waals surface area contributed by atoms with Crippen molar-refractivity contribution in [2.45, 2.75) is 32.1 Å². The van der Waals surface area contributed by atoms with Gasteiger partial charge in [-0.2, -0.15) is 0 Å². The zero-order valence-corrected chi connectivity index (χ0v) is 9.78. The van der Waals surface area contributed by atoms with Crippen molar-refractivity contribution in [2.75, 3.05) is 13.1 Å². The van der Waals surface area contributed by atoms with Gasteiger partial charge in [-0.25, -0.2) is 0 Å². The lowest BCUT2D eigenvalue weighted by atomic mass is 10.1. The Morgan fingerprint density at radius 2 is 2.19 bits per heavy atom. The Hall–Kier alpha value is -1.15. The molecular formula is C14H20N2. The van der Waals surface area contributed by atoms with Gasteiger partial charge in [0.2, 0.25) is 0 Å². The largest absolute Gasteiger partial charge is 0.316 e. The van der Waals surface area contributed by atoms with Crippen LogP contribution in [0.1, 0.15) is 31.2 Å². The van der Waals surface area contributed by atoms with Crippen molar-refractivity contribution in [3.8, 4) is 0 Å².